The van der Waals surface area contributed by atoms with E-state index in [-0.39, 0.29) is 32.7 Å². The van der Waals surface area contributed by atoms with E-state index in [9.17, 15) is 0 Å². The molecule has 0 saturated heterocycles. The Morgan fingerprint density at radius 1 is 1.00 bits per heavy atom. The summed E-state index contributed by atoms with van der Waals surface area (Å²) in [5, 5.41) is 0. The Morgan fingerprint density at radius 3 is 1.71 bits per heavy atom. The Morgan fingerprint density at radius 2 is 1.43 bits per heavy atom. The van der Waals surface area contributed by atoms with Crippen molar-refractivity contribution in [1.29, 1.82) is 0 Å². The Hall–Kier alpha value is 0.324. The molecule has 0 unspecified atom stereocenters. The average Bonchev–Trinajstić information content (AvgIpc) is 2.02. The van der Waals surface area contributed by atoms with Crippen LogP contribution in [-0.4, -0.2) is 0 Å². The van der Waals surface area contributed by atoms with Crippen LogP contribution in [0.15, 0.2) is 29.9 Å². The molecule has 0 aliphatic carbocycles. The zero-order valence-corrected chi connectivity index (χ0v) is 13.0. The van der Waals surface area contributed by atoms with Gasteiger partial charge in [-0.25, -0.2) is 0 Å². The molecule has 0 aromatic carbocycles. The van der Waals surface area contributed by atoms with Crippen molar-refractivity contribution < 1.29 is 32.7 Å². The summed E-state index contributed by atoms with van der Waals surface area (Å²) in [5.41, 5.74) is 3.34. The Kier molecular flexibility index (Phi) is 9.08. The van der Waals surface area contributed by atoms with Crippen molar-refractivity contribution in [3.05, 3.63) is 36.0 Å². The van der Waals surface area contributed by atoms with Crippen LogP contribution in [0.3, 0.4) is 0 Å². The SMILES string of the molecule is C=C([C-]=C(C)C(=C)C(C)C)C(C)C.[Y]. The van der Waals surface area contributed by atoms with Crippen molar-refractivity contribution in [3.63, 3.8) is 0 Å². The van der Waals surface area contributed by atoms with Gasteiger partial charge in [-0.2, -0.15) is 30.4 Å². The third-order valence-electron chi connectivity index (χ3n) is 2.22. The van der Waals surface area contributed by atoms with Crippen LogP contribution in [0.4, 0.5) is 0 Å². The van der Waals surface area contributed by atoms with Crippen LogP contribution in [0.1, 0.15) is 34.6 Å². The standard InChI is InChI=1S/C13H21.Y/c1-9(2)11(5)8-12(6)13(7)10(3)4;/h9-10H,5,7H2,1-4,6H3;/q-1;. The third kappa shape index (κ3) is 5.93. The van der Waals surface area contributed by atoms with Gasteiger partial charge in [-0.15, -0.1) is 5.57 Å². The second kappa shape index (κ2) is 7.59. The minimum absolute atomic E-state index is 0. The molecule has 1 radical (unpaired) electrons. The topological polar surface area (TPSA) is 0 Å². The summed E-state index contributed by atoms with van der Waals surface area (Å²) in [6.07, 6.45) is 3.28. The number of hydrogen-bond donors (Lipinski definition) is 0. The quantitative estimate of drug-likeness (QED) is 0.529. The van der Waals surface area contributed by atoms with Crippen LogP contribution in [0.5, 0.6) is 0 Å². The van der Waals surface area contributed by atoms with E-state index in [0.717, 1.165) is 16.7 Å². The van der Waals surface area contributed by atoms with Crippen molar-refractivity contribution >= 4 is 0 Å². The Balaban J connectivity index is 0. The summed E-state index contributed by atoms with van der Waals surface area (Å²) >= 11 is 0. The van der Waals surface area contributed by atoms with Crippen molar-refractivity contribution in [2.24, 2.45) is 11.8 Å². The van der Waals surface area contributed by atoms with Crippen molar-refractivity contribution in [2.75, 3.05) is 0 Å². The average molecular weight is 266 g/mol. The minimum Gasteiger partial charge on any atom is -0.191 e. The van der Waals surface area contributed by atoms with Gasteiger partial charge in [-0.1, -0.05) is 40.5 Å². The molecule has 14 heavy (non-hydrogen) atoms. The van der Waals surface area contributed by atoms with Crippen LogP contribution < -0.4 is 0 Å². The van der Waals surface area contributed by atoms with Crippen LogP contribution in [0, 0.1) is 17.9 Å². The minimum atomic E-state index is 0. The van der Waals surface area contributed by atoms with E-state index in [1.807, 2.05) is 0 Å². The first-order chi connectivity index (χ1) is 5.86. The van der Waals surface area contributed by atoms with Crippen molar-refractivity contribution in [2.45, 2.75) is 34.6 Å². The molecule has 0 N–H and O–H groups in total. The van der Waals surface area contributed by atoms with Crippen LogP contribution in [0.25, 0.3) is 0 Å². The van der Waals surface area contributed by atoms with E-state index < -0.39 is 0 Å². The maximum absolute atomic E-state index is 4.03. The van der Waals surface area contributed by atoms with Gasteiger partial charge >= 0.3 is 0 Å². The largest absolute Gasteiger partial charge is 0.191 e. The molecule has 0 aliphatic heterocycles. The summed E-state index contributed by atoms with van der Waals surface area (Å²) in [6, 6.07) is 0. The molecule has 0 heterocycles. The summed E-state index contributed by atoms with van der Waals surface area (Å²) in [7, 11) is 0. The fraction of sp³-hybridized carbons (Fsp3) is 0.538. The molecule has 0 saturated carbocycles. The van der Waals surface area contributed by atoms with Gasteiger partial charge in [0, 0.05) is 32.7 Å². The zero-order chi connectivity index (χ0) is 10.6. The molecular weight excluding hydrogens is 245 g/mol. The van der Waals surface area contributed by atoms with Gasteiger partial charge in [-0.3, -0.25) is 0 Å². The van der Waals surface area contributed by atoms with E-state index in [1.54, 1.807) is 0 Å². The van der Waals surface area contributed by atoms with E-state index in [0.29, 0.717) is 11.8 Å². The molecule has 0 fully saturated rings. The molecule has 0 atom stereocenters. The number of allylic oxidation sites excluding steroid dienone is 4. The second-order valence-electron chi connectivity index (χ2n) is 4.11. The summed E-state index contributed by atoms with van der Waals surface area (Å²) in [6.45, 7) is 18.6. The van der Waals surface area contributed by atoms with Gasteiger partial charge in [0.25, 0.3) is 0 Å². The molecule has 0 nitrogen and oxygen atoms in total. The molecule has 0 aromatic heterocycles. The first-order valence-electron chi connectivity index (χ1n) is 4.84. The van der Waals surface area contributed by atoms with E-state index in [4.69, 9.17) is 0 Å². The van der Waals surface area contributed by atoms with Crippen LogP contribution in [0.2, 0.25) is 0 Å². The second-order valence-corrected chi connectivity index (χ2v) is 4.11. The van der Waals surface area contributed by atoms with Gasteiger partial charge in [0.1, 0.15) is 0 Å². The van der Waals surface area contributed by atoms with Gasteiger partial charge < -0.3 is 0 Å². The predicted molar refractivity (Wildman–Crippen MR) is 60.4 cm³/mol. The normalized spacial score (nSPS) is 11.5. The molecule has 0 rings (SSSR count). The maximum atomic E-state index is 4.03. The molecule has 77 valence electrons. The van der Waals surface area contributed by atoms with E-state index >= 15 is 0 Å². The van der Waals surface area contributed by atoms with Crippen molar-refractivity contribution in [1.82, 2.24) is 0 Å². The van der Waals surface area contributed by atoms with Crippen molar-refractivity contribution in [3.8, 4) is 0 Å². The monoisotopic (exact) mass is 266 g/mol. The summed E-state index contributed by atoms with van der Waals surface area (Å²) in [5.74, 6) is 0.961. The first kappa shape index (κ1) is 16.7. The molecule has 0 bridgehead atoms. The summed E-state index contributed by atoms with van der Waals surface area (Å²) < 4.78 is 0. The molecule has 0 aliphatic rings. The number of hydrogen-bond acceptors (Lipinski definition) is 0. The molecule has 1 heteroatoms. The van der Waals surface area contributed by atoms with Gasteiger partial charge in [0.15, 0.2) is 0 Å². The third-order valence-corrected chi connectivity index (χ3v) is 2.22. The maximum Gasteiger partial charge on any atom is 0 e. The van der Waals surface area contributed by atoms with Gasteiger partial charge in [0.2, 0.25) is 0 Å². The van der Waals surface area contributed by atoms with E-state index in [1.165, 1.54) is 0 Å². The molecule has 0 aromatic rings. The fourth-order valence-corrected chi connectivity index (χ4v) is 0.898. The van der Waals surface area contributed by atoms with Gasteiger partial charge in [0.05, 0.1) is 0 Å². The summed E-state index contributed by atoms with van der Waals surface area (Å²) in [4.78, 5) is 0. The predicted octanol–water partition coefficient (Wildman–Crippen LogP) is 4.16. The zero-order valence-electron chi connectivity index (χ0n) is 10.1. The molecular formula is C13H21Y-. The van der Waals surface area contributed by atoms with Crippen LogP contribution in [-0.2, 0) is 32.7 Å². The first-order valence-corrected chi connectivity index (χ1v) is 4.84. The van der Waals surface area contributed by atoms with E-state index in [2.05, 4.69) is 53.9 Å². The Labute approximate surface area is 114 Å². The number of rotatable bonds is 4. The van der Waals surface area contributed by atoms with Gasteiger partial charge in [-0.05, 0) is 5.92 Å². The Bertz CT molecular complexity index is 232. The fourth-order valence-electron chi connectivity index (χ4n) is 0.898. The molecule has 0 spiro atoms. The molecule has 0 amide bonds. The van der Waals surface area contributed by atoms with Crippen LogP contribution >= 0.6 is 0 Å². The smallest absolute Gasteiger partial charge is 0 e.